The fourth-order valence-corrected chi connectivity index (χ4v) is 3.16. The third kappa shape index (κ3) is 5.83. The lowest BCUT2D eigenvalue weighted by molar-refractivity contribution is -0.129. The van der Waals surface area contributed by atoms with Crippen LogP contribution in [0.1, 0.15) is 24.1 Å². The summed E-state index contributed by atoms with van der Waals surface area (Å²) in [4.78, 5) is 16.1. The molecule has 0 spiro atoms. The number of amides is 1. The first-order valence-electron chi connectivity index (χ1n) is 8.57. The molecule has 2 aromatic carbocycles. The van der Waals surface area contributed by atoms with Gasteiger partial charge in [-0.3, -0.25) is 4.79 Å². The van der Waals surface area contributed by atoms with Crippen LogP contribution in [0.2, 0.25) is 10.0 Å². The third-order valence-electron chi connectivity index (χ3n) is 4.36. The summed E-state index contributed by atoms with van der Waals surface area (Å²) in [6.07, 6.45) is 0. The fourth-order valence-electron chi connectivity index (χ4n) is 2.62. The Kier molecular flexibility index (Phi) is 7.48. The van der Waals surface area contributed by atoms with Crippen LogP contribution in [0, 0.1) is 5.82 Å². The topological polar surface area (TPSA) is 35.6 Å². The highest BCUT2D eigenvalue weighted by Gasteiger charge is 2.16. The molecule has 0 aliphatic heterocycles. The molecule has 146 valence electrons. The van der Waals surface area contributed by atoms with Gasteiger partial charge in [0.15, 0.2) is 0 Å². The average Bonchev–Trinajstić information content (AvgIpc) is 2.62. The van der Waals surface area contributed by atoms with Crippen molar-refractivity contribution in [3.8, 4) is 0 Å². The van der Waals surface area contributed by atoms with Crippen LogP contribution < -0.4 is 10.2 Å². The molecule has 7 heteroatoms. The van der Waals surface area contributed by atoms with Crippen molar-refractivity contribution >= 4 is 34.8 Å². The second-order valence-corrected chi connectivity index (χ2v) is 7.52. The highest BCUT2D eigenvalue weighted by Crippen LogP contribution is 2.28. The summed E-state index contributed by atoms with van der Waals surface area (Å²) in [7, 11) is 5.72. The molecule has 0 fully saturated rings. The number of anilines is 1. The molecule has 2 aromatic rings. The lowest BCUT2D eigenvalue weighted by Gasteiger charge is -2.21. The second kappa shape index (κ2) is 9.40. The summed E-state index contributed by atoms with van der Waals surface area (Å²) < 4.78 is 13.7. The van der Waals surface area contributed by atoms with Gasteiger partial charge in [-0.2, -0.15) is 0 Å². The first-order valence-corrected chi connectivity index (χ1v) is 9.32. The number of halogens is 3. The maximum atomic E-state index is 13.7. The standard InChI is InChI=1S/C20H24Cl2FN3O/c1-13(16-9-19(23)18(22)10-17(16)21)24-11-20(27)26(4)12-14-5-7-15(8-6-14)25(2)3/h5-10,13,24H,11-12H2,1-4H3/t13-/m1/s1. The molecule has 0 bridgehead atoms. The van der Waals surface area contributed by atoms with Crippen molar-refractivity contribution in [1.29, 1.82) is 0 Å². The van der Waals surface area contributed by atoms with Crippen LogP contribution >= 0.6 is 23.2 Å². The summed E-state index contributed by atoms with van der Waals surface area (Å²) in [5, 5.41) is 3.43. The number of hydrogen-bond acceptors (Lipinski definition) is 3. The predicted octanol–water partition coefficient (Wildman–Crippen LogP) is 4.51. The van der Waals surface area contributed by atoms with Crippen molar-refractivity contribution < 1.29 is 9.18 Å². The zero-order valence-corrected chi connectivity index (χ0v) is 17.4. The molecule has 2 rings (SSSR count). The molecular formula is C20H24Cl2FN3O. The van der Waals surface area contributed by atoms with Crippen molar-refractivity contribution in [2.24, 2.45) is 0 Å². The highest BCUT2D eigenvalue weighted by molar-refractivity contribution is 6.35. The molecule has 0 unspecified atom stereocenters. The molecule has 4 nitrogen and oxygen atoms in total. The average molecular weight is 412 g/mol. The van der Waals surface area contributed by atoms with Crippen LogP contribution in [0.4, 0.5) is 10.1 Å². The number of carbonyl (C=O) groups is 1. The molecule has 27 heavy (non-hydrogen) atoms. The summed E-state index contributed by atoms with van der Waals surface area (Å²) in [5.74, 6) is -0.599. The first-order chi connectivity index (χ1) is 12.7. The smallest absolute Gasteiger partial charge is 0.236 e. The molecule has 0 aliphatic rings. The summed E-state index contributed by atoms with van der Waals surface area (Å²) in [5.41, 5.74) is 2.72. The number of hydrogen-bond donors (Lipinski definition) is 1. The largest absolute Gasteiger partial charge is 0.378 e. The molecule has 1 amide bonds. The zero-order chi connectivity index (χ0) is 20.1. The summed E-state index contributed by atoms with van der Waals surface area (Å²) >= 11 is 11.8. The zero-order valence-electron chi connectivity index (χ0n) is 15.9. The van der Waals surface area contributed by atoms with Crippen LogP contribution in [0.15, 0.2) is 36.4 Å². The summed E-state index contributed by atoms with van der Waals surface area (Å²) in [6.45, 7) is 2.45. The molecule has 0 aromatic heterocycles. The molecule has 1 N–H and O–H groups in total. The van der Waals surface area contributed by atoms with E-state index in [4.69, 9.17) is 23.2 Å². The Morgan fingerprint density at radius 2 is 1.74 bits per heavy atom. The number of nitrogens with one attached hydrogen (secondary N) is 1. The van der Waals surface area contributed by atoms with Gasteiger partial charge in [0.1, 0.15) is 5.82 Å². The Morgan fingerprint density at radius 1 is 1.11 bits per heavy atom. The van der Waals surface area contributed by atoms with E-state index in [9.17, 15) is 9.18 Å². The van der Waals surface area contributed by atoms with Crippen molar-refractivity contribution in [2.45, 2.75) is 19.5 Å². The number of benzene rings is 2. The van der Waals surface area contributed by atoms with Crippen molar-refractivity contribution in [3.05, 3.63) is 63.4 Å². The van der Waals surface area contributed by atoms with Gasteiger partial charge in [0.25, 0.3) is 0 Å². The molecule has 0 aliphatic carbocycles. The van der Waals surface area contributed by atoms with Gasteiger partial charge in [-0.1, -0.05) is 35.3 Å². The Balaban J connectivity index is 1.91. The normalized spacial score (nSPS) is 12.0. The number of carbonyl (C=O) groups excluding carboxylic acids is 1. The Morgan fingerprint density at radius 3 is 2.33 bits per heavy atom. The maximum Gasteiger partial charge on any atom is 0.236 e. The first kappa shape index (κ1) is 21.5. The van der Waals surface area contributed by atoms with Gasteiger partial charge in [-0.15, -0.1) is 0 Å². The molecule has 0 heterocycles. The van der Waals surface area contributed by atoms with E-state index < -0.39 is 5.82 Å². The Hall–Kier alpha value is -1.82. The van der Waals surface area contributed by atoms with Crippen molar-refractivity contribution in [1.82, 2.24) is 10.2 Å². The van der Waals surface area contributed by atoms with Gasteiger partial charge >= 0.3 is 0 Å². The monoisotopic (exact) mass is 411 g/mol. The van der Waals surface area contributed by atoms with Gasteiger partial charge in [-0.25, -0.2) is 4.39 Å². The van der Waals surface area contributed by atoms with Gasteiger partial charge in [0, 0.05) is 44.4 Å². The van der Waals surface area contributed by atoms with Crippen LogP contribution in [0.25, 0.3) is 0 Å². The van der Waals surface area contributed by atoms with E-state index in [0.717, 1.165) is 11.3 Å². The van der Waals surface area contributed by atoms with E-state index in [2.05, 4.69) is 5.32 Å². The Bertz CT molecular complexity index is 797. The minimum Gasteiger partial charge on any atom is -0.378 e. The van der Waals surface area contributed by atoms with E-state index in [0.29, 0.717) is 17.1 Å². The van der Waals surface area contributed by atoms with Crippen LogP contribution in [-0.2, 0) is 11.3 Å². The van der Waals surface area contributed by atoms with Gasteiger partial charge in [-0.05, 0) is 42.3 Å². The van der Waals surface area contributed by atoms with E-state index in [-0.39, 0.29) is 23.5 Å². The van der Waals surface area contributed by atoms with Crippen LogP contribution in [-0.4, -0.2) is 38.5 Å². The van der Waals surface area contributed by atoms with E-state index in [1.54, 1.807) is 11.9 Å². The number of rotatable bonds is 7. The third-order valence-corrected chi connectivity index (χ3v) is 4.98. The predicted molar refractivity (Wildman–Crippen MR) is 110 cm³/mol. The Labute approximate surface area is 169 Å². The number of nitrogens with zero attached hydrogens (tertiary/aromatic N) is 2. The lowest BCUT2D eigenvalue weighted by atomic mass is 10.1. The minimum absolute atomic E-state index is 0.0213. The van der Waals surface area contributed by atoms with E-state index in [1.165, 1.54) is 12.1 Å². The van der Waals surface area contributed by atoms with Crippen molar-refractivity contribution in [3.63, 3.8) is 0 Å². The highest BCUT2D eigenvalue weighted by atomic mass is 35.5. The SMILES string of the molecule is C[C@@H](NCC(=O)N(C)Cc1ccc(N(C)C)cc1)c1cc(F)c(Cl)cc1Cl. The van der Waals surface area contributed by atoms with Gasteiger partial charge < -0.3 is 15.1 Å². The van der Waals surface area contributed by atoms with Gasteiger partial charge in [0.2, 0.25) is 5.91 Å². The molecule has 0 saturated heterocycles. The summed E-state index contributed by atoms with van der Waals surface area (Å²) in [6, 6.07) is 10.4. The van der Waals surface area contributed by atoms with Crippen LogP contribution in [0.5, 0.6) is 0 Å². The van der Waals surface area contributed by atoms with Gasteiger partial charge in [0.05, 0.1) is 11.6 Å². The van der Waals surface area contributed by atoms with E-state index in [1.807, 2.05) is 50.2 Å². The quantitative estimate of drug-likeness (QED) is 0.680. The second-order valence-electron chi connectivity index (χ2n) is 6.70. The fraction of sp³-hybridized carbons (Fsp3) is 0.350. The molecule has 1 atom stereocenters. The lowest BCUT2D eigenvalue weighted by Crippen LogP contribution is -2.36. The molecular weight excluding hydrogens is 388 g/mol. The molecule has 0 radical (unpaired) electrons. The van der Waals surface area contributed by atoms with Crippen molar-refractivity contribution in [2.75, 3.05) is 32.6 Å². The van der Waals surface area contributed by atoms with E-state index >= 15 is 0 Å². The minimum atomic E-state index is -0.533. The van der Waals surface area contributed by atoms with Crippen LogP contribution in [0.3, 0.4) is 0 Å². The number of likely N-dealkylation sites (N-methyl/N-ethyl adjacent to an activating group) is 1. The maximum absolute atomic E-state index is 13.7. The molecule has 0 saturated carbocycles.